The summed E-state index contributed by atoms with van der Waals surface area (Å²) in [6.07, 6.45) is 1.40. The summed E-state index contributed by atoms with van der Waals surface area (Å²) in [5.74, 6) is -0.559. The van der Waals surface area contributed by atoms with Crippen molar-refractivity contribution in [2.45, 2.75) is 59.7 Å². The Morgan fingerprint density at radius 3 is 2.52 bits per heavy atom. The SMILES string of the molecule is Cc1cc(Cl)nc(-c2ccnc3cc(CN4C(=O)C5C(C4=O)C5(C)C)sc23)c1NC1CN(C(=O)OC(C)(C)C)C1. The number of likely N-dealkylation sites (tertiary alicyclic amines) is 2. The monoisotopic (exact) mass is 581 g/mol. The van der Waals surface area contributed by atoms with E-state index in [0.29, 0.717) is 23.9 Å². The summed E-state index contributed by atoms with van der Waals surface area (Å²) < 4.78 is 6.39. The molecule has 3 aromatic heterocycles. The van der Waals surface area contributed by atoms with E-state index in [1.807, 2.05) is 59.7 Å². The molecule has 3 amide bonds. The van der Waals surface area contributed by atoms with Gasteiger partial charge in [0.1, 0.15) is 10.8 Å². The van der Waals surface area contributed by atoms with Crippen LogP contribution in [-0.4, -0.2) is 62.4 Å². The van der Waals surface area contributed by atoms with E-state index in [1.165, 1.54) is 16.2 Å². The normalized spacial score (nSPS) is 22.0. The Hall–Kier alpha value is -3.24. The summed E-state index contributed by atoms with van der Waals surface area (Å²) in [6, 6.07) is 5.69. The Labute approximate surface area is 241 Å². The Kier molecular flexibility index (Phi) is 6.16. The number of ether oxygens (including phenoxy) is 1. The van der Waals surface area contributed by atoms with Crippen molar-refractivity contribution in [3.63, 3.8) is 0 Å². The maximum Gasteiger partial charge on any atom is 0.410 e. The Morgan fingerprint density at radius 1 is 1.20 bits per heavy atom. The largest absolute Gasteiger partial charge is 0.444 e. The molecule has 3 fully saturated rings. The van der Waals surface area contributed by atoms with Crippen molar-refractivity contribution in [2.24, 2.45) is 17.3 Å². The van der Waals surface area contributed by atoms with Gasteiger partial charge in [0.2, 0.25) is 11.8 Å². The molecule has 11 heteroatoms. The number of amides is 3. The number of piperidine rings is 1. The first kappa shape index (κ1) is 27.0. The van der Waals surface area contributed by atoms with Crippen molar-refractivity contribution < 1.29 is 19.1 Å². The highest BCUT2D eigenvalue weighted by Gasteiger charge is 2.72. The van der Waals surface area contributed by atoms with Gasteiger partial charge in [-0.25, -0.2) is 9.78 Å². The van der Waals surface area contributed by atoms with E-state index in [0.717, 1.165) is 31.9 Å². The topological polar surface area (TPSA) is 105 Å². The standard InChI is InChI=1S/C29H32ClN5O4S/c1-14-9-19(30)33-23(22(14)32-15-11-34(12-15)27(38)39-28(2,3)4)17-7-8-31-18-10-16(40-24(17)18)13-35-25(36)20-21(26(35)37)29(20,5)6/h7-10,15,20-21,32H,11-13H2,1-6H3. The van der Waals surface area contributed by atoms with Gasteiger partial charge in [-0.2, -0.15) is 0 Å². The van der Waals surface area contributed by atoms with Crippen LogP contribution < -0.4 is 5.32 Å². The van der Waals surface area contributed by atoms with Gasteiger partial charge in [0.25, 0.3) is 0 Å². The van der Waals surface area contributed by atoms with Crippen molar-refractivity contribution in [3.05, 3.63) is 40.0 Å². The number of thiophene rings is 1. The summed E-state index contributed by atoms with van der Waals surface area (Å²) in [4.78, 5) is 51.4. The summed E-state index contributed by atoms with van der Waals surface area (Å²) in [5, 5.41) is 3.94. The molecule has 1 aliphatic carbocycles. The highest BCUT2D eigenvalue weighted by Crippen LogP contribution is 2.63. The molecule has 3 aromatic rings. The molecule has 1 N–H and O–H groups in total. The third kappa shape index (κ3) is 4.51. The molecule has 2 atom stereocenters. The molecule has 0 radical (unpaired) electrons. The fourth-order valence-electron chi connectivity index (χ4n) is 5.83. The second-order valence-corrected chi connectivity index (χ2v) is 14.1. The third-order valence-electron chi connectivity index (χ3n) is 7.99. The van der Waals surface area contributed by atoms with Gasteiger partial charge in [-0.3, -0.25) is 19.5 Å². The van der Waals surface area contributed by atoms with Crippen LogP contribution in [0.3, 0.4) is 0 Å². The first-order valence-electron chi connectivity index (χ1n) is 13.4. The van der Waals surface area contributed by atoms with Crippen LogP contribution in [-0.2, 0) is 20.9 Å². The molecule has 2 aliphatic heterocycles. The van der Waals surface area contributed by atoms with Crippen molar-refractivity contribution in [3.8, 4) is 11.3 Å². The molecule has 40 heavy (non-hydrogen) atoms. The average molecular weight is 582 g/mol. The van der Waals surface area contributed by atoms with Crippen LogP contribution in [0.25, 0.3) is 21.5 Å². The molecule has 0 bridgehead atoms. The van der Waals surface area contributed by atoms with Gasteiger partial charge in [0.05, 0.1) is 46.0 Å². The Balaban J connectivity index is 1.25. The molecule has 2 saturated heterocycles. The van der Waals surface area contributed by atoms with E-state index in [2.05, 4.69) is 10.3 Å². The van der Waals surface area contributed by atoms with Gasteiger partial charge >= 0.3 is 6.09 Å². The number of nitrogens with zero attached hydrogens (tertiary/aromatic N) is 4. The second-order valence-electron chi connectivity index (χ2n) is 12.5. The van der Waals surface area contributed by atoms with Crippen LogP contribution in [0.4, 0.5) is 10.5 Å². The summed E-state index contributed by atoms with van der Waals surface area (Å²) in [7, 11) is 0. The lowest BCUT2D eigenvalue weighted by Crippen LogP contribution is -2.58. The maximum atomic E-state index is 12.9. The average Bonchev–Trinajstić information content (AvgIpc) is 3.06. The number of rotatable bonds is 5. The quantitative estimate of drug-likeness (QED) is 0.314. The van der Waals surface area contributed by atoms with E-state index in [9.17, 15) is 14.4 Å². The minimum absolute atomic E-state index is 0.0343. The van der Waals surface area contributed by atoms with E-state index in [4.69, 9.17) is 21.3 Å². The molecular formula is C29H32ClN5O4S. The zero-order valence-corrected chi connectivity index (χ0v) is 24.9. The van der Waals surface area contributed by atoms with Crippen LogP contribution in [0.1, 0.15) is 45.1 Å². The minimum atomic E-state index is -0.544. The number of hydrogen-bond acceptors (Lipinski definition) is 8. The van der Waals surface area contributed by atoms with Crippen molar-refractivity contribution in [1.29, 1.82) is 0 Å². The summed E-state index contributed by atoms with van der Waals surface area (Å²) >= 11 is 7.93. The molecule has 0 spiro atoms. The molecule has 0 aromatic carbocycles. The van der Waals surface area contributed by atoms with Crippen LogP contribution in [0.15, 0.2) is 24.4 Å². The lowest BCUT2D eigenvalue weighted by Gasteiger charge is -2.40. The van der Waals surface area contributed by atoms with E-state index >= 15 is 0 Å². The number of aromatic nitrogens is 2. The molecule has 3 aliphatic rings. The number of nitrogens with one attached hydrogen (secondary N) is 1. The lowest BCUT2D eigenvalue weighted by molar-refractivity contribution is -0.143. The van der Waals surface area contributed by atoms with Crippen LogP contribution in [0.5, 0.6) is 0 Å². The predicted molar refractivity (Wildman–Crippen MR) is 154 cm³/mol. The van der Waals surface area contributed by atoms with Crippen LogP contribution in [0.2, 0.25) is 5.15 Å². The van der Waals surface area contributed by atoms with Gasteiger partial charge in [-0.15, -0.1) is 11.3 Å². The number of fused-ring (bicyclic) bond motifs is 2. The van der Waals surface area contributed by atoms with E-state index < -0.39 is 5.60 Å². The zero-order chi connectivity index (χ0) is 28.7. The van der Waals surface area contributed by atoms with E-state index in [1.54, 1.807) is 11.1 Å². The number of carbonyl (C=O) groups excluding carboxylic acids is 3. The number of anilines is 1. The summed E-state index contributed by atoms with van der Waals surface area (Å²) in [6.45, 7) is 12.8. The number of carbonyl (C=O) groups is 3. The van der Waals surface area contributed by atoms with E-state index in [-0.39, 0.29) is 47.7 Å². The predicted octanol–water partition coefficient (Wildman–Crippen LogP) is 5.49. The molecule has 210 valence electrons. The zero-order valence-electron chi connectivity index (χ0n) is 23.4. The van der Waals surface area contributed by atoms with Crippen LogP contribution >= 0.6 is 22.9 Å². The second kappa shape index (κ2) is 9.14. The fraction of sp³-hybridized carbons (Fsp3) is 0.483. The number of hydrogen-bond donors (Lipinski definition) is 1. The molecular weight excluding hydrogens is 550 g/mol. The Bertz CT molecular complexity index is 1550. The highest BCUT2D eigenvalue weighted by atomic mass is 35.5. The number of halogens is 1. The van der Waals surface area contributed by atoms with Crippen molar-refractivity contribution in [1.82, 2.24) is 19.8 Å². The van der Waals surface area contributed by atoms with Gasteiger partial charge < -0.3 is 15.0 Å². The number of imide groups is 1. The van der Waals surface area contributed by atoms with Gasteiger partial charge in [0, 0.05) is 29.7 Å². The highest BCUT2D eigenvalue weighted by molar-refractivity contribution is 7.19. The molecule has 9 nitrogen and oxygen atoms in total. The first-order chi connectivity index (χ1) is 18.7. The minimum Gasteiger partial charge on any atom is -0.444 e. The maximum absolute atomic E-state index is 12.9. The Morgan fingerprint density at radius 2 is 1.88 bits per heavy atom. The molecule has 1 saturated carbocycles. The third-order valence-corrected chi connectivity index (χ3v) is 9.33. The van der Waals surface area contributed by atoms with Gasteiger partial charge in [0.15, 0.2) is 0 Å². The number of pyridine rings is 2. The molecule has 5 heterocycles. The smallest absolute Gasteiger partial charge is 0.410 e. The van der Waals surface area contributed by atoms with Crippen LogP contribution in [0, 0.1) is 24.2 Å². The van der Waals surface area contributed by atoms with Gasteiger partial charge in [-0.05, 0) is 56.9 Å². The molecule has 2 unspecified atom stereocenters. The lowest BCUT2D eigenvalue weighted by atomic mass is 10.0. The van der Waals surface area contributed by atoms with Crippen molar-refractivity contribution >= 4 is 56.7 Å². The van der Waals surface area contributed by atoms with Gasteiger partial charge in [-0.1, -0.05) is 25.4 Å². The fourth-order valence-corrected chi connectivity index (χ4v) is 7.19. The van der Waals surface area contributed by atoms with Crippen molar-refractivity contribution in [2.75, 3.05) is 18.4 Å². The summed E-state index contributed by atoms with van der Waals surface area (Å²) in [5.41, 5.74) is 3.32. The first-order valence-corrected chi connectivity index (χ1v) is 14.6. The number of aryl methyl sites for hydroxylation is 1. The molecule has 6 rings (SSSR count).